The number of aromatic nitrogens is 24. The lowest BCUT2D eigenvalue weighted by atomic mass is 9.95. The number of nitrogens with one attached hydrogen (secondary N) is 6. The smallest absolute Gasteiger partial charge is 0.180 e. The van der Waals surface area contributed by atoms with Gasteiger partial charge in [-0.3, -0.25) is 40.7 Å². The number of rotatable bonds is 19. The molecule has 1 aliphatic heterocycles. The number of piperidine rings is 1. The highest BCUT2D eigenvalue weighted by molar-refractivity contribution is 7.10. The Kier molecular flexibility index (Phi) is 23.2. The van der Waals surface area contributed by atoms with Crippen LogP contribution in [-0.2, 0) is 28.2 Å². The molecule has 7 N–H and O–H groups in total. The normalized spacial score (nSPS) is 12.1. The van der Waals surface area contributed by atoms with Crippen LogP contribution in [-0.4, -0.2) is 154 Å². The molecule has 19 aromatic rings. The molecule has 0 saturated carbocycles. The van der Waals surface area contributed by atoms with Gasteiger partial charge in [-0.25, -0.2) is 49.8 Å². The standard InChI is InChI=1S/C19H22N8S.C19H20N6.C18H17N5O.C16H14N6O.C14H18N6/c1-12-7-17(28-25-12)24-18-19-21-9-16(14-8-22-26(2)10-14)27(19)11-15(23-18)13-3-5-20-6-4-13;1-13(2)14-4-6-16(7-5-14)23-18-19-21-11-17(25(19)9-8-20-18)15-10-22-24(3)12-15;1-22(2)15-5-3-4-14(10-15)21-17-18-20-11-16(13-6-9-24-12-13)23(18)8-7-19-17;1-21-10-11(8-19-21)14-9-18-16-15(17-6-7-22(14)16)20-12-2-4-13(23)5-3-12;1-10(2)6-16-13-14-17-8-12(20(14)5-4-15-13)11-7-18-19(3)9-11/h7-11,13,20H,3-6H2,1-2H3,(H,23,24);4-13H,1-3H3,(H,20,23);3-12H,1-2H3,(H,19,21);2-10,23H,1H3,(H,17,20);4-5,7-10H,6H2,1-3H3,(H,15,16). The summed E-state index contributed by atoms with van der Waals surface area (Å²) in [5, 5.41) is 47.4. The molecule has 34 heteroatoms. The van der Waals surface area contributed by atoms with Gasteiger partial charge in [-0.15, -0.1) is 0 Å². The van der Waals surface area contributed by atoms with E-state index in [0.29, 0.717) is 29.4 Å². The molecular weight excluding hydrogens is 1530 g/mol. The summed E-state index contributed by atoms with van der Waals surface area (Å²) in [4.78, 5) is 47.3. The second kappa shape index (κ2) is 35.3. The average Bonchev–Trinajstić information content (AvgIpc) is 1.64. The number of benzene rings is 3. The predicted molar refractivity (Wildman–Crippen MR) is 469 cm³/mol. The Morgan fingerprint density at radius 3 is 1.35 bits per heavy atom. The van der Waals surface area contributed by atoms with E-state index in [1.54, 1.807) is 88.0 Å². The number of hydrogen-bond acceptors (Lipinski definition) is 25. The van der Waals surface area contributed by atoms with Crippen LogP contribution < -0.4 is 36.8 Å². The highest BCUT2D eigenvalue weighted by Gasteiger charge is 2.23. The van der Waals surface area contributed by atoms with Gasteiger partial charge in [0.05, 0.1) is 108 Å². The Hall–Kier alpha value is -14.9. The second-order valence-corrected chi connectivity index (χ2v) is 30.6. The van der Waals surface area contributed by atoms with Gasteiger partial charge in [-0.05, 0) is 129 Å². The summed E-state index contributed by atoms with van der Waals surface area (Å²) in [7, 11) is 11.7. The van der Waals surface area contributed by atoms with Crippen molar-refractivity contribution in [2.24, 2.45) is 34.1 Å². The van der Waals surface area contributed by atoms with Gasteiger partial charge in [-0.1, -0.05) is 45.9 Å². The van der Waals surface area contributed by atoms with Crippen LogP contribution in [0.25, 0.3) is 84.5 Å². The van der Waals surface area contributed by atoms with E-state index in [9.17, 15) is 5.11 Å². The molecule has 120 heavy (non-hydrogen) atoms. The number of imidazole rings is 5. The molecule has 0 spiro atoms. The highest BCUT2D eigenvalue weighted by atomic mass is 32.1. The van der Waals surface area contributed by atoms with E-state index in [4.69, 9.17) is 9.40 Å². The van der Waals surface area contributed by atoms with E-state index in [-0.39, 0.29) is 5.75 Å². The van der Waals surface area contributed by atoms with Crippen LogP contribution in [0.3, 0.4) is 0 Å². The first-order valence-corrected chi connectivity index (χ1v) is 39.9. The van der Waals surface area contributed by atoms with Crippen molar-refractivity contribution in [3.05, 3.63) is 251 Å². The molecule has 20 rings (SSSR count). The maximum Gasteiger partial charge on any atom is 0.180 e. The van der Waals surface area contributed by atoms with Crippen molar-refractivity contribution in [3.63, 3.8) is 0 Å². The van der Waals surface area contributed by atoms with Crippen LogP contribution in [0.1, 0.15) is 69.3 Å². The highest BCUT2D eigenvalue weighted by Crippen LogP contribution is 2.35. The zero-order valence-electron chi connectivity index (χ0n) is 68.2. The lowest BCUT2D eigenvalue weighted by molar-refractivity contribution is 0.452. The van der Waals surface area contributed by atoms with E-state index in [2.05, 4.69) is 181 Å². The van der Waals surface area contributed by atoms with Gasteiger partial charge >= 0.3 is 0 Å². The van der Waals surface area contributed by atoms with E-state index < -0.39 is 0 Å². The number of anilines is 10. The fourth-order valence-electron chi connectivity index (χ4n) is 13.8. The van der Waals surface area contributed by atoms with Gasteiger partial charge in [0.2, 0.25) is 0 Å². The molecule has 0 atom stereocenters. The fraction of sp³-hybridized carbons (Fsp3) is 0.221. The molecule has 0 unspecified atom stereocenters. The third-order valence-electron chi connectivity index (χ3n) is 19.9. The van der Waals surface area contributed by atoms with Gasteiger partial charge in [0.25, 0.3) is 0 Å². The van der Waals surface area contributed by atoms with Gasteiger partial charge in [0, 0.05) is 186 Å². The average molecular weight is 1620 g/mol. The van der Waals surface area contributed by atoms with Crippen molar-refractivity contribution in [1.29, 1.82) is 0 Å². The van der Waals surface area contributed by atoms with Crippen molar-refractivity contribution < 1.29 is 9.52 Å². The number of nitrogens with zero attached hydrogens (tertiary/aromatic N) is 25. The Bertz CT molecular complexity index is 6640. The minimum absolute atomic E-state index is 0.224. The molecule has 0 amide bonds. The number of aryl methyl sites for hydroxylation is 5. The molecule has 608 valence electrons. The van der Waals surface area contributed by atoms with E-state index in [0.717, 1.165) is 174 Å². The SMILES string of the molecule is CC(C)CNc1nccn2c(-c3cnn(C)c3)cnc12.CC(C)c1ccc(Nc2nccn3c(-c4cnn(C)c4)cnc23)cc1.CN(C)c1cccc(Nc2nccn3c(-c4ccoc4)cnc23)c1.Cc1cc(Nc2nc(C3CCNCC3)cn3c(-c4cnn(C)c4)cnc23)sn1.Cn1cc(-c2cnc3c(Nc4ccc(O)cc4)nccn23)cn1. The maximum atomic E-state index is 9.36. The molecule has 16 aromatic heterocycles. The quantitative estimate of drug-likeness (QED) is 0.0370. The third-order valence-corrected chi connectivity index (χ3v) is 20.7. The summed E-state index contributed by atoms with van der Waals surface area (Å²) in [5.41, 5.74) is 21.3. The second-order valence-electron chi connectivity index (χ2n) is 29.8. The van der Waals surface area contributed by atoms with Gasteiger partial charge in [-0.2, -0.15) is 24.8 Å². The molecule has 33 nitrogen and oxygen atoms in total. The van der Waals surface area contributed by atoms with Crippen LogP contribution in [0.2, 0.25) is 0 Å². The molecule has 3 aromatic carbocycles. The molecule has 0 aliphatic carbocycles. The van der Waals surface area contributed by atoms with Crippen molar-refractivity contribution >= 4 is 96.6 Å². The van der Waals surface area contributed by atoms with Crippen molar-refractivity contribution in [3.8, 4) is 62.0 Å². The molecule has 0 radical (unpaired) electrons. The summed E-state index contributed by atoms with van der Waals surface area (Å²) in [5.74, 6) is 5.42. The summed E-state index contributed by atoms with van der Waals surface area (Å²) in [6.45, 7) is 13.6. The lowest BCUT2D eigenvalue weighted by Gasteiger charge is -2.23. The minimum atomic E-state index is 0.224. The van der Waals surface area contributed by atoms with Crippen molar-refractivity contribution in [2.75, 3.05) is 65.2 Å². The Morgan fingerprint density at radius 2 is 0.925 bits per heavy atom. The molecule has 1 fully saturated rings. The lowest BCUT2D eigenvalue weighted by Crippen LogP contribution is -2.27. The zero-order valence-corrected chi connectivity index (χ0v) is 69.0. The Labute approximate surface area is 694 Å². The first-order valence-electron chi connectivity index (χ1n) is 39.1. The van der Waals surface area contributed by atoms with Gasteiger partial charge in [0.15, 0.2) is 57.3 Å². The summed E-state index contributed by atoms with van der Waals surface area (Å²) in [6, 6.07) is 27.3. The number of phenols is 1. The fourth-order valence-corrected chi connectivity index (χ4v) is 14.4. The topological polar surface area (TPSA) is 344 Å². The number of hydrogen-bond donors (Lipinski definition) is 7. The largest absolute Gasteiger partial charge is 0.508 e. The Morgan fingerprint density at radius 1 is 0.483 bits per heavy atom. The Balaban J connectivity index is 0.000000112. The van der Waals surface area contributed by atoms with Crippen LogP contribution in [0.5, 0.6) is 5.75 Å². The van der Waals surface area contributed by atoms with Crippen LogP contribution in [0.4, 0.5) is 56.8 Å². The minimum Gasteiger partial charge on any atom is -0.508 e. The van der Waals surface area contributed by atoms with Crippen molar-refractivity contribution in [1.82, 2.24) is 121 Å². The monoisotopic (exact) mass is 1620 g/mol. The van der Waals surface area contributed by atoms with Gasteiger partial charge < -0.3 is 46.3 Å². The first-order chi connectivity index (χ1) is 58.4. The molecular formula is C86H91N31O2S. The molecule has 1 aliphatic rings. The van der Waals surface area contributed by atoms with Crippen LogP contribution in [0.15, 0.2) is 238 Å². The van der Waals surface area contributed by atoms with E-state index >= 15 is 0 Å². The zero-order chi connectivity index (χ0) is 82.9. The summed E-state index contributed by atoms with van der Waals surface area (Å²) in [6.07, 6.45) is 46.8. The van der Waals surface area contributed by atoms with Crippen molar-refractivity contribution in [2.45, 2.75) is 59.3 Å². The molecule has 1 saturated heterocycles. The summed E-state index contributed by atoms with van der Waals surface area (Å²) >= 11 is 1.44. The molecule has 0 bridgehead atoms. The number of furan rings is 1. The van der Waals surface area contributed by atoms with E-state index in [1.807, 2.05) is 189 Å². The number of aromatic hydroxyl groups is 1. The predicted octanol–water partition coefficient (Wildman–Crippen LogP) is 15.7. The summed E-state index contributed by atoms with van der Waals surface area (Å²) < 4.78 is 26.8. The number of fused-ring (bicyclic) bond motifs is 5. The molecule has 17 heterocycles. The van der Waals surface area contributed by atoms with Crippen LogP contribution in [0, 0.1) is 12.8 Å². The maximum absolute atomic E-state index is 9.36. The van der Waals surface area contributed by atoms with Crippen LogP contribution >= 0.6 is 11.5 Å². The number of phenolic OH excluding ortho intramolecular Hbond substituents is 1. The first kappa shape index (κ1) is 78.9. The van der Waals surface area contributed by atoms with Gasteiger partial charge in [0.1, 0.15) is 10.8 Å². The third kappa shape index (κ3) is 17.9. The van der Waals surface area contributed by atoms with E-state index in [1.165, 1.54) is 17.1 Å².